The number of carbonyl (C=O) groups excluding carboxylic acids is 3. The maximum absolute atomic E-state index is 13.0. The molecule has 0 rings (SSSR count). The molecule has 0 radical (unpaired) electrons. The summed E-state index contributed by atoms with van der Waals surface area (Å²) in [5.74, 6) is -4.02. The van der Waals surface area contributed by atoms with E-state index in [0.717, 1.165) is 0 Å². The highest BCUT2D eigenvalue weighted by Gasteiger charge is 2.31. The molecule has 0 aliphatic rings. The van der Waals surface area contributed by atoms with E-state index in [2.05, 4.69) is 16.0 Å². The van der Waals surface area contributed by atoms with Crippen LogP contribution in [0.1, 0.15) is 58.8 Å². The highest BCUT2D eigenvalue weighted by Crippen LogP contribution is 2.09. The molecule has 5 unspecified atom stereocenters. The Morgan fingerprint density at radius 3 is 1.89 bits per heavy atom. The Labute approximate surface area is 210 Å². The Hall–Kier alpha value is -2.38. The van der Waals surface area contributed by atoms with Crippen LogP contribution in [-0.2, 0) is 24.0 Å². The number of unbranched alkanes of at least 4 members (excludes halogenated alkanes) is 1. The van der Waals surface area contributed by atoms with Crippen molar-refractivity contribution < 1.29 is 34.2 Å². The molecule has 0 aliphatic heterocycles. The van der Waals surface area contributed by atoms with E-state index in [-0.39, 0.29) is 25.2 Å². The van der Waals surface area contributed by atoms with Crippen molar-refractivity contribution in [3.63, 3.8) is 0 Å². The molecule has 0 heterocycles. The molecule has 202 valence electrons. The third-order valence-corrected chi connectivity index (χ3v) is 6.29. The Balaban J connectivity index is 5.57. The van der Waals surface area contributed by atoms with Crippen molar-refractivity contribution in [3.05, 3.63) is 0 Å². The molecule has 9 N–H and O–H groups in total. The van der Waals surface area contributed by atoms with Gasteiger partial charge in [-0.1, -0.05) is 20.3 Å². The van der Waals surface area contributed by atoms with Crippen LogP contribution >= 0.6 is 11.8 Å². The van der Waals surface area contributed by atoms with Crippen LogP contribution in [0.4, 0.5) is 0 Å². The van der Waals surface area contributed by atoms with Gasteiger partial charge in [-0.3, -0.25) is 19.2 Å². The number of hydrogen-bond donors (Lipinski definition) is 7. The predicted octanol–water partition coefficient (Wildman–Crippen LogP) is -0.354. The lowest BCUT2D eigenvalue weighted by Crippen LogP contribution is -2.57. The largest absolute Gasteiger partial charge is 0.481 e. The molecule has 0 bridgehead atoms. The highest BCUT2D eigenvalue weighted by atomic mass is 32.2. The first-order chi connectivity index (χ1) is 16.5. The van der Waals surface area contributed by atoms with Crippen molar-refractivity contribution in [1.29, 1.82) is 0 Å². The minimum Gasteiger partial charge on any atom is -0.481 e. The van der Waals surface area contributed by atoms with E-state index in [9.17, 15) is 29.1 Å². The number of rotatable bonds is 19. The van der Waals surface area contributed by atoms with Gasteiger partial charge < -0.3 is 37.6 Å². The minimum atomic E-state index is -1.23. The summed E-state index contributed by atoms with van der Waals surface area (Å²) in [4.78, 5) is 61.0. The van der Waals surface area contributed by atoms with Gasteiger partial charge in [-0.2, -0.15) is 11.8 Å². The molecule has 12 nitrogen and oxygen atoms in total. The highest BCUT2D eigenvalue weighted by molar-refractivity contribution is 7.98. The van der Waals surface area contributed by atoms with E-state index < -0.39 is 60.2 Å². The summed E-state index contributed by atoms with van der Waals surface area (Å²) in [5.41, 5.74) is 11.5. The van der Waals surface area contributed by atoms with Crippen LogP contribution in [0.5, 0.6) is 0 Å². The van der Waals surface area contributed by atoms with Crippen LogP contribution in [0.15, 0.2) is 0 Å². The fraction of sp³-hybridized carbons (Fsp3) is 0.773. The molecule has 13 heteroatoms. The topological polar surface area (TPSA) is 214 Å². The van der Waals surface area contributed by atoms with Crippen molar-refractivity contribution in [3.8, 4) is 0 Å². The maximum Gasteiger partial charge on any atom is 0.326 e. The van der Waals surface area contributed by atoms with Gasteiger partial charge in [-0.25, -0.2) is 4.79 Å². The number of nitrogens with one attached hydrogen (secondary N) is 3. The number of thioether (sulfide) groups is 1. The fourth-order valence-corrected chi connectivity index (χ4v) is 3.59. The van der Waals surface area contributed by atoms with Crippen molar-refractivity contribution in [2.45, 2.75) is 83.0 Å². The average molecular weight is 520 g/mol. The first kappa shape index (κ1) is 32.6. The lowest BCUT2D eigenvalue weighted by molar-refractivity contribution is -0.142. The molecular weight excluding hydrogens is 478 g/mol. The van der Waals surface area contributed by atoms with Crippen molar-refractivity contribution >= 4 is 41.4 Å². The zero-order valence-corrected chi connectivity index (χ0v) is 21.6. The molecule has 0 aromatic heterocycles. The number of aliphatic carboxylic acids is 2. The lowest BCUT2D eigenvalue weighted by atomic mass is 9.98. The van der Waals surface area contributed by atoms with Gasteiger partial charge in [0, 0.05) is 6.42 Å². The van der Waals surface area contributed by atoms with Gasteiger partial charge in [0.05, 0.1) is 6.04 Å². The lowest BCUT2D eigenvalue weighted by Gasteiger charge is -2.26. The van der Waals surface area contributed by atoms with E-state index in [0.29, 0.717) is 31.6 Å². The summed E-state index contributed by atoms with van der Waals surface area (Å²) in [6.45, 7) is 4.02. The van der Waals surface area contributed by atoms with Crippen LogP contribution in [-0.4, -0.2) is 82.6 Å². The summed E-state index contributed by atoms with van der Waals surface area (Å²) in [7, 11) is 0. The molecule has 0 spiro atoms. The number of nitrogens with two attached hydrogens (primary N) is 2. The van der Waals surface area contributed by atoms with Crippen LogP contribution in [0.3, 0.4) is 0 Å². The number of hydrogen-bond acceptors (Lipinski definition) is 8. The van der Waals surface area contributed by atoms with Gasteiger partial charge in [-0.15, -0.1) is 0 Å². The normalized spacial score (nSPS) is 15.2. The van der Waals surface area contributed by atoms with E-state index in [1.54, 1.807) is 6.92 Å². The molecule has 0 aromatic rings. The molecule has 5 atom stereocenters. The van der Waals surface area contributed by atoms with Gasteiger partial charge in [0.1, 0.15) is 18.1 Å². The molecule has 35 heavy (non-hydrogen) atoms. The number of amides is 3. The fourth-order valence-electron chi connectivity index (χ4n) is 3.12. The second kappa shape index (κ2) is 18.0. The molecule has 0 aliphatic carbocycles. The van der Waals surface area contributed by atoms with E-state index in [4.69, 9.17) is 16.6 Å². The first-order valence-corrected chi connectivity index (χ1v) is 13.2. The number of carbonyl (C=O) groups is 5. The monoisotopic (exact) mass is 519 g/mol. The van der Waals surface area contributed by atoms with Gasteiger partial charge in [0.15, 0.2) is 0 Å². The maximum atomic E-state index is 13.0. The molecule has 3 amide bonds. The molecule has 0 saturated carbocycles. The van der Waals surface area contributed by atoms with Gasteiger partial charge in [0.25, 0.3) is 0 Å². The third-order valence-electron chi connectivity index (χ3n) is 5.64. The summed E-state index contributed by atoms with van der Waals surface area (Å²) in [6.07, 6.45) is 3.31. The standard InChI is InChI=1S/C22H41N5O7S/c1-4-13(2)18(24)21(32)26-15(8-9-17(28)29)20(31)25-14(7-5-6-11-23)19(30)27-16(22(33)34)10-12-35-3/h13-16,18H,4-12,23-24H2,1-3H3,(H,25,31)(H,26,32)(H,27,30)(H,28,29)(H,33,34). The Morgan fingerprint density at radius 2 is 1.40 bits per heavy atom. The summed E-state index contributed by atoms with van der Waals surface area (Å²) in [6, 6.07) is -4.33. The van der Waals surface area contributed by atoms with Crippen molar-refractivity contribution in [2.75, 3.05) is 18.6 Å². The van der Waals surface area contributed by atoms with Crippen LogP contribution in [0.2, 0.25) is 0 Å². The molecule has 0 fully saturated rings. The zero-order valence-electron chi connectivity index (χ0n) is 20.7. The predicted molar refractivity (Wildman–Crippen MR) is 134 cm³/mol. The average Bonchev–Trinajstić information content (AvgIpc) is 2.81. The molecular formula is C22H41N5O7S. The number of carboxylic acid groups (broad SMARTS) is 2. The zero-order chi connectivity index (χ0) is 27.0. The minimum absolute atomic E-state index is 0.165. The first-order valence-electron chi connectivity index (χ1n) is 11.8. The van der Waals surface area contributed by atoms with E-state index in [1.165, 1.54) is 11.8 Å². The second-order valence-electron chi connectivity index (χ2n) is 8.43. The smallest absolute Gasteiger partial charge is 0.326 e. The Morgan fingerprint density at radius 1 is 0.857 bits per heavy atom. The van der Waals surface area contributed by atoms with Crippen molar-refractivity contribution in [1.82, 2.24) is 16.0 Å². The van der Waals surface area contributed by atoms with Gasteiger partial charge >= 0.3 is 11.9 Å². The third kappa shape index (κ3) is 13.3. The van der Waals surface area contributed by atoms with E-state index in [1.807, 2.05) is 13.2 Å². The van der Waals surface area contributed by atoms with Crippen LogP contribution < -0.4 is 27.4 Å². The quantitative estimate of drug-likeness (QED) is 0.110. The van der Waals surface area contributed by atoms with Gasteiger partial charge in [0.2, 0.25) is 17.7 Å². The summed E-state index contributed by atoms with van der Waals surface area (Å²) >= 11 is 1.44. The van der Waals surface area contributed by atoms with E-state index >= 15 is 0 Å². The summed E-state index contributed by atoms with van der Waals surface area (Å²) < 4.78 is 0. The van der Waals surface area contributed by atoms with Gasteiger partial charge in [-0.05, 0) is 56.6 Å². The van der Waals surface area contributed by atoms with Crippen molar-refractivity contribution in [2.24, 2.45) is 17.4 Å². The number of carboxylic acids is 2. The molecule has 0 saturated heterocycles. The van der Waals surface area contributed by atoms with Crippen LogP contribution in [0.25, 0.3) is 0 Å². The Bertz CT molecular complexity index is 710. The summed E-state index contributed by atoms with van der Waals surface area (Å²) in [5, 5.41) is 26.0. The second-order valence-corrected chi connectivity index (χ2v) is 9.42. The Kier molecular flexibility index (Phi) is 16.7. The SMILES string of the molecule is CCC(C)C(N)C(=O)NC(CCC(=O)O)C(=O)NC(CCCCN)C(=O)NC(CCSC)C(=O)O. The van der Waals surface area contributed by atoms with Crippen LogP contribution in [0, 0.1) is 5.92 Å². The molecule has 0 aromatic carbocycles.